The predicted octanol–water partition coefficient (Wildman–Crippen LogP) is 7.23. The van der Waals surface area contributed by atoms with Crippen LogP contribution in [0.5, 0.6) is 0 Å². The lowest BCUT2D eigenvalue weighted by Gasteiger charge is -2.33. The first-order valence-corrected chi connectivity index (χ1v) is 10.9. The van der Waals surface area contributed by atoms with Gasteiger partial charge in [0.25, 0.3) is 0 Å². The van der Waals surface area contributed by atoms with E-state index in [1.807, 2.05) is 13.8 Å². The van der Waals surface area contributed by atoms with Gasteiger partial charge in [-0.1, -0.05) is 64.3 Å². The molecule has 2 heteroatoms. The standard InChI is InChI=1S/C25H42O2/c1-20(2)15-16-21-14-12-10-8-7-9-11-13-18-24(3,4)23(27)25(5,6)19-17-22(21)26/h9,11,15,21H,7-8,10,12-14,16-19H2,1-6H3/b11-9-. The van der Waals surface area contributed by atoms with Crippen LogP contribution in [0.1, 0.15) is 106 Å². The fourth-order valence-corrected chi connectivity index (χ4v) is 4.08. The molecule has 0 N–H and O–H groups in total. The third-order valence-corrected chi connectivity index (χ3v) is 6.02. The second kappa shape index (κ2) is 11.0. The first-order valence-electron chi connectivity index (χ1n) is 10.9. The summed E-state index contributed by atoms with van der Waals surface area (Å²) in [6.07, 6.45) is 16.2. The first-order chi connectivity index (χ1) is 12.6. The number of rotatable bonds is 2. The molecule has 1 rings (SSSR count). The Morgan fingerprint density at radius 1 is 0.963 bits per heavy atom. The monoisotopic (exact) mass is 374 g/mol. The summed E-state index contributed by atoms with van der Waals surface area (Å²) in [5, 5.41) is 0. The highest BCUT2D eigenvalue weighted by molar-refractivity contribution is 5.90. The second-order valence-corrected chi connectivity index (χ2v) is 9.93. The molecular weight excluding hydrogens is 332 g/mol. The molecule has 0 saturated heterocycles. The molecule has 1 aliphatic carbocycles. The van der Waals surface area contributed by atoms with E-state index in [-0.39, 0.29) is 11.3 Å². The van der Waals surface area contributed by atoms with Crippen LogP contribution in [0.4, 0.5) is 0 Å². The van der Waals surface area contributed by atoms with Crippen molar-refractivity contribution in [2.75, 3.05) is 0 Å². The average molecular weight is 375 g/mol. The number of hydrogen-bond acceptors (Lipinski definition) is 2. The highest BCUT2D eigenvalue weighted by atomic mass is 16.1. The quantitative estimate of drug-likeness (QED) is 0.478. The summed E-state index contributed by atoms with van der Waals surface area (Å²) in [6, 6.07) is 0. The minimum absolute atomic E-state index is 0.113. The zero-order chi connectivity index (χ0) is 20.5. The molecule has 0 aromatic heterocycles. The lowest BCUT2D eigenvalue weighted by atomic mass is 9.69. The van der Waals surface area contributed by atoms with Gasteiger partial charge in [0.05, 0.1) is 0 Å². The number of carbonyl (C=O) groups excluding carboxylic acids is 2. The van der Waals surface area contributed by atoms with E-state index in [1.54, 1.807) is 0 Å². The van der Waals surface area contributed by atoms with Crippen LogP contribution < -0.4 is 0 Å². The van der Waals surface area contributed by atoms with Crippen molar-refractivity contribution >= 4 is 11.6 Å². The van der Waals surface area contributed by atoms with Crippen LogP contribution >= 0.6 is 0 Å². The van der Waals surface area contributed by atoms with Crippen molar-refractivity contribution in [3.05, 3.63) is 23.8 Å². The molecule has 1 atom stereocenters. The maximum absolute atomic E-state index is 13.1. The molecule has 0 amide bonds. The van der Waals surface area contributed by atoms with E-state index in [9.17, 15) is 9.59 Å². The van der Waals surface area contributed by atoms with Crippen molar-refractivity contribution in [2.24, 2.45) is 16.7 Å². The maximum Gasteiger partial charge on any atom is 0.144 e. The van der Waals surface area contributed by atoms with E-state index >= 15 is 0 Å². The Labute approximate surface area is 167 Å². The average Bonchev–Trinajstić information content (AvgIpc) is 2.59. The van der Waals surface area contributed by atoms with Crippen molar-refractivity contribution < 1.29 is 9.59 Å². The molecule has 0 aliphatic heterocycles. The molecule has 0 fully saturated rings. The summed E-state index contributed by atoms with van der Waals surface area (Å²) in [6.45, 7) is 12.4. The molecule has 27 heavy (non-hydrogen) atoms. The molecule has 0 heterocycles. The normalized spacial score (nSPS) is 26.4. The van der Waals surface area contributed by atoms with Gasteiger partial charge < -0.3 is 0 Å². The molecule has 0 aromatic rings. The molecule has 0 saturated carbocycles. The van der Waals surface area contributed by atoms with Crippen LogP contribution in [0.2, 0.25) is 0 Å². The molecule has 2 nitrogen and oxygen atoms in total. The van der Waals surface area contributed by atoms with Crippen molar-refractivity contribution in [1.29, 1.82) is 0 Å². The topological polar surface area (TPSA) is 34.1 Å². The van der Waals surface area contributed by atoms with E-state index < -0.39 is 5.41 Å². The Kier molecular flexibility index (Phi) is 9.70. The zero-order valence-corrected chi connectivity index (χ0v) is 18.7. The fourth-order valence-electron chi connectivity index (χ4n) is 4.08. The molecular formula is C25H42O2. The van der Waals surface area contributed by atoms with E-state index in [4.69, 9.17) is 0 Å². The molecule has 0 aromatic carbocycles. The van der Waals surface area contributed by atoms with Gasteiger partial charge in [-0.05, 0) is 58.8 Å². The van der Waals surface area contributed by atoms with Crippen LogP contribution in [0.3, 0.4) is 0 Å². The van der Waals surface area contributed by atoms with Gasteiger partial charge in [0.15, 0.2) is 0 Å². The number of allylic oxidation sites excluding steroid dienone is 4. The third kappa shape index (κ3) is 8.58. The minimum Gasteiger partial charge on any atom is -0.299 e. The van der Waals surface area contributed by atoms with Gasteiger partial charge >= 0.3 is 0 Å². The van der Waals surface area contributed by atoms with Gasteiger partial charge in [-0.3, -0.25) is 9.59 Å². The van der Waals surface area contributed by atoms with Gasteiger partial charge in [-0.15, -0.1) is 0 Å². The van der Waals surface area contributed by atoms with Crippen LogP contribution in [0.15, 0.2) is 23.8 Å². The summed E-state index contributed by atoms with van der Waals surface area (Å²) >= 11 is 0. The zero-order valence-electron chi connectivity index (χ0n) is 18.7. The SMILES string of the molecule is CC(C)=CCC1CCCCC/C=C\CCC(C)(C)C(=O)C(C)(C)CCC1=O. The maximum atomic E-state index is 13.1. The Balaban J connectivity index is 2.93. The summed E-state index contributed by atoms with van der Waals surface area (Å²) in [7, 11) is 0. The minimum atomic E-state index is -0.443. The number of Topliss-reactive ketones (excluding diaryl/α,β-unsaturated/α-hetero) is 2. The van der Waals surface area contributed by atoms with Crippen LogP contribution in [-0.2, 0) is 9.59 Å². The van der Waals surface area contributed by atoms with Gasteiger partial charge in [0.1, 0.15) is 11.6 Å². The molecule has 1 aliphatic rings. The molecule has 0 spiro atoms. The fraction of sp³-hybridized carbons (Fsp3) is 0.760. The summed E-state index contributed by atoms with van der Waals surface area (Å²) in [4.78, 5) is 26.1. The van der Waals surface area contributed by atoms with Crippen LogP contribution in [0, 0.1) is 16.7 Å². The molecule has 154 valence electrons. The van der Waals surface area contributed by atoms with Crippen molar-refractivity contribution in [1.82, 2.24) is 0 Å². The lowest BCUT2D eigenvalue weighted by Crippen LogP contribution is -2.37. The molecule has 0 radical (unpaired) electrons. The van der Waals surface area contributed by atoms with Crippen molar-refractivity contribution in [3.8, 4) is 0 Å². The van der Waals surface area contributed by atoms with Crippen LogP contribution in [-0.4, -0.2) is 11.6 Å². The highest BCUT2D eigenvalue weighted by Gasteiger charge is 2.38. The van der Waals surface area contributed by atoms with E-state index in [2.05, 4.69) is 45.9 Å². The van der Waals surface area contributed by atoms with E-state index in [0.717, 1.165) is 38.5 Å². The number of hydrogen-bond donors (Lipinski definition) is 0. The molecule has 0 bridgehead atoms. The summed E-state index contributed by atoms with van der Waals surface area (Å²) in [5.41, 5.74) is 0.494. The number of carbonyl (C=O) groups is 2. The smallest absolute Gasteiger partial charge is 0.144 e. The number of ketones is 2. The van der Waals surface area contributed by atoms with E-state index in [1.165, 1.54) is 18.4 Å². The Hall–Kier alpha value is -1.18. The predicted molar refractivity (Wildman–Crippen MR) is 116 cm³/mol. The lowest BCUT2D eigenvalue weighted by molar-refractivity contribution is -0.137. The second-order valence-electron chi connectivity index (χ2n) is 9.93. The van der Waals surface area contributed by atoms with Gasteiger partial charge in [0, 0.05) is 23.2 Å². The van der Waals surface area contributed by atoms with E-state index in [0.29, 0.717) is 24.4 Å². The summed E-state index contributed by atoms with van der Waals surface area (Å²) < 4.78 is 0. The Morgan fingerprint density at radius 3 is 2.26 bits per heavy atom. The first kappa shape index (κ1) is 23.9. The van der Waals surface area contributed by atoms with Gasteiger partial charge in [-0.25, -0.2) is 0 Å². The largest absolute Gasteiger partial charge is 0.299 e. The summed E-state index contributed by atoms with van der Waals surface area (Å²) in [5.74, 6) is 0.754. The van der Waals surface area contributed by atoms with Crippen molar-refractivity contribution in [3.63, 3.8) is 0 Å². The highest BCUT2D eigenvalue weighted by Crippen LogP contribution is 2.37. The third-order valence-electron chi connectivity index (χ3n) is 6.02. The Bertz CT molecular complexity index is 545. The van der Waals surface area contributed by atoms with Gasteiger partial charge in [-0.2, -0.15) is 0 Å². The van der Waals surface area contributed by atoms with Gasteiger partial charge in [0.2, 0.25) is 0 Å². The Morgan fingerprint density at radius 2 is 1.59 bits per heavy atom. The van der Waals surface area contributed by atoms with Crippen molar-refractivity contribution in [2.45, 2.75) is 106 Å². The molecule has 1 unspecified atom stereocenters. The van der Waals surface area contributed by atoms with Crippen LogP contribution in [0.25, 0.3) is 0 Å².